The molecule has 0 aromatic carbocycles. The van der Waals surface area contributed by atoms with Crippen molar-refractivity contribution in [1.82, 2.24) is 0 Å². The van der Waals surface area contributed by atoms with Gasteiger partial charge in [-0.1, -0.05) is 26.8 Å². The predicted octanol–water partition coefficient (Wildman–Crippen LogP) is 1.51. The van der Waals surface area contributed by atoms with Crippen LogP contribution in [0.5, 0.6) is 0 Å². The number of carbonyl (C=O) groups is 1. The normalized spacial score (nSPS) is 35.6. The van der Waals surface area contributed by atoms with E-state index in [2.05, 4.69) is 13.5 Å². The molecule has 4 rings (SSSR count). The molecule has 0 amide bonds. The zero-order valence-electron chi connectivity index (χ0n) is 32.7. The van der Waals surface area contributed by atoms with E-state index in [0.29, 0.717) is 50.5 Å². The molecule has 13 atom stereocenters. The molecular weight excluding hydrogens is 756 g/mol. The van der Waals surface area contributed by atoms with Crippen LogP contribution in [-0.4, -0.2) is 140 Å². The monoisotopic (exact) mass is 818 g/mol. The number of aliphatic hydroxyl groups excluding tert-OH is 14. The number of esters is 1. The topological polar surface area (TPSA) is 328 Å². The van der Waals surface area contributed by atoms with Crippen molar-refractivity contribution >= 4 is 5.97 Å². The van der Waals surface area contributed by atoms with Gasteiger partial charge < -0.3 is 85.7 Å². The molecule has 1 spiro atoms. The van der Waals surface area contributed by atoms with Crippen molar-refractivity contribution in [3.63, 3.8) is 0 Å². The summed E-state index contributed by atoms with van der Waals surface area (Å²) in [6, 6.07) is 0. The fourth-order valence-electron chi connectivity index (χ4n) is 10.8. The maximum Gasteiger partial charge on any atom is 0.314 e. The molecule has 0 heterocycles. The minimum absolute atomic E-state index is 0.00312. The molecule has 326 valence electrons. The minimum Gasteiger partial charge on any atom is -0.506 e. The molecule has 0 aromatic rings. The van der Waals surface area contributed by atoms with Gasteiger partial charge in [0.05, 0.1) is 11.0 Å². The van der Waals surface area contributed by atoms with E-state index in [-0.39, 0.29) is 24.2 Å². The Morgan fingerprint density at radius 1 is 0.684 bits per heavy atom. The molecule has 0 aliphatic heterocycles. The van der Waals surface area contributed by atoms with Crippen LogP contribution < -0.4 is 0 Å². The van der Waals surface area contributed by atoms with E-state index in [4.69, 9.17) is 24.4 Å². The van der Waals surface area contributed by atoms with Crippen LogP contribution in [0.2, 0.25) is 0 Å². The predicted molar refractivity (Wildman–Crippen MR) is 197 cm³/mol. The first-order valence-electron chi connectivity index (χ1n) is 19.4. The number of aliphatic hydroxyl groups is 14. The minimum atomic E-state index is -2.48. The Balaban J connectivity index is 1.60. The molecule has 14 N–H and O–H groups in total. The first-order chi connectivity index (χ1) is 26.6. The van der Waals surface area contributed by atoms with E-state index in [1.807, 2.05) is 6.92 Å². The van der Waals surface area contributed by atoms with Gasteiger partial charge >= 0.3 is 5.97 Å². The first-order valence-corrected chi connectivity index (χ1v) is 19.4. The summed E-state index contributed by atoms with van der Waals surface area (Å²) in [6.45, 7) is 8.48. The highest BCUT2D eigenvalue weighted by Gasteiger charge is 2.71. The van der Waals surface area contributed by atoms with Crippen LogP contribution in [0, 0.1) is 34.0 Å². The van der Waals surface area contributed by atoms with Crippen molar-refractivity contribution in [1.29, 1.82) is 0 Å². The summed E-state index contributed by atoms with van der Waals surface area (Å²) < 4.78 is 16.7. The van der Waals surface area contributed by atoms with Crippen LogP contribution in [0.3, 0.4) is 0 Å². The molecule has 0 aromatic heterocycles. The molecule has 4 saturated carbocycles. The number of hydrogen-bond donors (Lipinski definition) is 14. The van der Waals surface area contributed by atoms with Gasteiger partial charge in [-0.15, -0.1) is 0 Å². The second-order valence-electron chi connectivity index (χ2n) is 16.7. The van der Waals surface area contributed by atoms with Gasteiger partial charge in [-0.3, -0.25) is 4.79 Å². The van der Waals surface area contributed by atoms with Gasteiger partial charge in [-0.2, -0.15) is 0 Å². The lowest BCUT2D eigenvalue weighted by Crippen LogP contribution is -2.62. The Morgan fingerprint density at radius 2 is 1.19 bits per heavy atom. The number of fused-ring (bicyclic) bond motifs is 3. The summed E-state index contributed by atoms with van der Waals surface area (Å²) in [4.78, 5) is 13.9. The van der Waals surface area contributed by atoms with Crippen LogP contribution in [0.15, 0.2) is 46.7 Å². The third-order valence-corrected chi connectivity index (χ3v) is 13.7. The Hall–Kier alpha value is -3.17. The summed E-state index contributed by atoms with van der Waals surface area (Å²) in [5.74, 6) is -7.96. The summed E-state index contributed by atoms with van der Waals surface area (Å²) in [5.41, 5.74) is -2.57. The van der Waals surface area contributed by atoms with Crippen LogP contribution in [0.4, 0.5) is 0 Å². The molecule has 0 radical (unpaired) electrons. The van der Waals surface area contributed by atoms with Gasteiger partial charge in [-0.25, -0.2) is 0 Å². The molecule has 2 bridgehead atoms. The Morgan fingerprint density at radius 3 is 1.74 bits per heavy atom. The zero-order chi connectivity index (χ0) is 42.8. The summed E-state index contributed by atoms with van der Waals surface area (Å²) in [7, 11) is 0. The second kappa shape index (κ2) is 18.0. The van der Waals surface area contributed by atoms with E-state index in [1.54, 1.807) is 6.92 Å². The number of rotatable bonds is 18. The fourth-order valence-corrected chi connectivity index (χ4v) is 10.8. The van der Waals surface area contributed by atoms with Crippen molar-refractivity contribution < 1.29 is 90.5 Å². The smallest absolute Gasteiger partial charge is 0.314 e. The SMILES string of the molecule is C=C1C[C@@]23CCC4[C@@](C)(CCC[C@@]4(C)C(=O)OC(O)/C(O)=C(\O)C(O)CCO)C2CC[C@]1(OC(O)/C(O)=C(\OC(O)/C(O)=C(/O)C(O)CCO)C(O)CCO)[C@@H]3C. The van der Waals surface area contributed by atoms with Crippen molar-refractivity contribution in [3.8, 4) is 0 Å². The Kier molecular flexibility index (Phi) is 14.7. The summed E-state index contributed by atoms with van der Waals surface area (Å²) in [5, 5.41) is 142. The summed E-state index contributed by atoms with van der Waals surface area (Å²) in [6.07, 6.45) is -9.15. The molecule has 4 aliphatic carbocycles. The van der Waals surface area contributed by atoms with E-state index >= 15 is 0 Å². The maximum absolute atomic E-state index is 13.9. The second-order valence-corrected chi connectivity index (χ2v) is 16.7. The molecule has 8 unspecified atom stereocenters. The molecule has 4 fully saturated rings. The molecule has 0 saturated heterocycles. The van der Waals surface area contributed by atoms with Crippen molar-refractivity contribution in [2.75, 3.05) is 19.8 Å². The Labute approximate surface area is 330 Å². The lowest BCUT2D eigenvalue weighted by molar-refractivity contribution is -0.238. The van der Waals surface area contributed by atoms with E-state index in [1.165, 1.54) is 0 Å². The largest absolute Gasteiger partial charge is 0.506 e. The summed E-state index contributed by atoms with van der Waals surface area (Å²) >= 11 is 0. The average molecular weight is 819 g/mol. The number of hydrogen-bond acceptors (Lipinski definition) is 18. The molecule has 18 heteroatoms. The van der Waals surface area contributed by atoms with Gasteiger partial charge in [-0.05, 0) is 86.0 Å². The fraction of sp³-hybridized carbons (Fsp3) is 0.769. The van der Waals surface area contributed by atoms with E-state index in [0.717, 1.165) is 6.42 Å². The number of carbonyl (C=O) groups excluding carboxylic acids is 1. The highest BCUT2D eigenvalue weighted by molar-refractivity contribution is 5.77. The molecule has 18 nitrogen and oxygen atoms in total. The van der Waals surface area contributed by atoms with Crippen LogP contribution in [0.1, 0.15) is 91.4 Å². The standard InChI is InChI=1S/C39H62O18/c1-19-18-38-13-6-24-36(3,11-5-12-37(24,4)35(54)56-33(52)29(49)27(47)22(44)9-16-41)25(38)7-14-39(19,20(38)2)57-34(53)30(50)31(23(45)10-17-42)55-32(51)28(48)26(46)21(43)8-15-40/h20-25,32-34,40-53H,1,5-18H2,2-4H3/b28-26-,29-27+,31-30+/t20-,21?,22?,23?,24?,25?,32?,33?,34?,36-,37-,38-,39-/m1/s1. The lowest BCUT2D eigenvalue weighted by Gasteiger charge is -2.65. The van der Waals surface area contributed by atoms with Crippen molar-refractivity contribution in [2.24, 2.45) is 34.0 Å². The third kappa shape index (κ3) is 8.35. The highest BCUT2D eigenvalue weighted by atomic mass is 16.7. The maximum atomic E-state index is 13.9. The quantitative estimate of drug-likeness (QED) is 0.0403. The van der Waals surface area contributed by atoms with Gasteiger partial charge in [0.15, 0.2) is 23.0 Å². The first kappa shape index (κ1) is 46.5. The van der Waals surface area contributed by atoms with Gasteiger partial charge in [0, 0.05) is 39.1 Å². The van der Waals surface area contributed by atoms with E-state index in [9.17, 15) is 66.1 Å². The van der Waals surface area contributed by atoms with Crippen LogP contribution in [0.25, 0.3) is 0 Å². The molecular formula is C39H62O18. The average Bonchev–Trinajstić information content (AvgIpc) is 3.26. The van der Waals surface area contributed by atoms with Gasteiger partial charge in [0.1, 0.15) is 18.3 Å². The van der Waals surface area contributed by atoms with Gasteiger partial charge in [0.2, 0.25) is 17.8 Å². The van der Waals surface area contributed by atoms with Gasteiger partial charge in [0.25, 0.3) is 12.6 Å². The lowest BCUT2D eigenvalue weighted by atomic mass is 9.39. The zero-order valence-corrected chi connectivity index (χ0v) is 32.7. The third-order valence-electron chi connectivity index (χ3n) is 13.7. The van der Waals surface area contributed by atoms with Crippen molar-refractivity contribution in [2.45, 2.75) is 134 Å². The highest BCUT2D eigenvalue weighted by Crippen LogP contribution is 2.75. The number of ether oxygens (including phenoxy) is 3. The molecule has 4 aliphatic rings. The van der Waals surface area contributed by atoms with Crippen LogP contribution >= 0.6 is 0 Å². The molecule has 57 heavy (non-hydrogen) atoms. The van der Waals surface area contributed by atoms with Crippen LogP contribution in [-0.2, 0) is 19.0 Å². The van der Waals surface area contributed by atoms with Crippen molar-refractivity contribution in [3.05, 3.63) is 46.7 Å². The van der Waals surface area contributed by atoms with E-state index < -0.39 is 132 Å². The Bertz CT molecular complexity index is 1560.